The highest BCUT2D eigenvalue weighted by Crippen LogP contribution is 2.19. The molecular weight excluding hydrogens is 210 g/mol. The van der Waals surface area contributed by atoms with Crippen LogP contribution in [-0.2, 0) is 0 Å². The minimum atomic E-state index is 0.792. The van der Waals surface area contributed by atoms with Gasteiger partial charge in [0.1, 0.15) is 5.75 Å². The summed E-state index contributed by atoms with van der Waals surface area (Å²) >= 11 is 0. The zero-order valence-corrected chi connectivity index (χ0v) is 10.9. The second-order valence-electron chi connectivity index (χ2n) is 3.95. The van der Waals surface area contributed by atoms with E-state index in [1.807, 2.05) is 31.2 Å². The molecule has 1 aromatic rings. The van der Waals surface area contributed by atoms with Crippen LogP contribution in [0.3, 0.4) is 0 Å². The van der Waals surface area contributed by atoms with Crippen molar-refractivity contribution >= 4 is 6.08 Å². The van der Waals surface area contributed by atoms with E-state index in [1.165, 1.54) is 6.42 Å². The third-order valence-corrected chi connectivity index (χ3v) is 2.52. The Morgan fingerprint density at radius 3 is 2.82 bits per heavy atom. The number of para-hydroxylation sites is 1. The second-order valence-corrected chi connectivity index (χ2v) is 3.95. The van der Waals surface area contributed by atoms with E-state index >= 15 is 0 Å². The largest absolute Gasteiger partial charge is 0.493 e. The molecule has 0 heterocycles. The molecule has 0 fully saturated rings. The molecule has 0 saturated carbocycles. The highest BCUT2D eigenvalue weighted by molar-refractivity contribution is 5.56. The van der Waals surface area contributed by atoms with E-state index in [4.69, 9.17) is 4.74 Å². The lowest BCUT2D eigenvalue weighted by atomic mass is 10.2. The third-order valence-electron chi connectivity index (χ3n) is 2.52. The molecule has 1 rings (SSSR count). The van der Waals surface area contributed by atoms with Crippen LogP contribution in [0.2, 0.25) is 0 Å². The van der Waals surface area contributed by atoms with Crippen molar-refractivity contribution in [2.45, 2.75) is 26.7 Å². The molecule has 0 radical (unpaired) electrons. The van der Waals surface area contributed by atoms with Crippen molar-refractivity contribution in [3.8, 4) is 5.75 Å². The second kappa shape index (κ2) is 8.82. The van der Waals surface area contributed by atoms with Crippen molar-refractivity contribution < 1.29 is 4.74 Å². The van der Waals surface area contributed by atoms with Gasteiger partial charge in [0.05, 0.1) is 6.61 Å². The Labute approximate surface area is 105 Å². The maximum Gasteiger partial charge on any atom is 0.126 e. The average molecular weight is 233 g/mol. The van der Waals surface area contributed by atoms with Gasteiger partial charge in [-0.3, -0.25) is 0 Å². The lowest BCUT2D eigenvalue weighted by Crippen LogP contribution is -2.14. The summed E-state index contributed by atoms with van der Waals surface area (Å²) in [6.45, 7) is 7.07. The summed E-state index contributed by atoms with van der Waals surface area (Å²) in [4.78, 5) is 0. The maximum absolute atomic E-state index is 5.79. The van der Waals surface area contributed by atoms with Gasteiger partial charge in [0.15, 0.2) is 0 Å². The summed E-state index contributed by atoms with van der Waals surface area (Å²) in [5.74, 6) is 0.981. The minimum Gasteiger partial charge on any atom is -0.493 e. The van der Waals surface area contributed by atoms with Gasteiger partial charge in [0, 0.05) is 5.56 Å². The summed E-state index contributed by atoms with van der Waals surface area (Å²) in [5.41, 5.74) is 1.15. The Kier molecular flexibility index (Phi) is 7.15. The molecule has 0 aliphatic rings. The fourth-order valence-corrected chi connectivity index (χ4v) is 1.64. The van der Waals surface area contributed by atoms with E-state index in [9.17, 15) is 0 Å². The first-order valence-corrected chi connectivity index (χ1v) is 6.43. The molecule has 0 atom stereocenters. The molecule has 0 aliphatic heterocycles. The summed E-state index contributed by atoms with van der Waals surface area (Å²) in [6, 6.07) is 8.15. The van der Waals surface area contributed by atoms with Crippen molar-refractivity contribution in [3.63, 3.8) is 0 Å². The summed E-state index contributed by atoms with van der Waals surface area (Å²) < 4.78 is 5.79. The van der Waals surface area contributed by atoms with Crippen molar-refractivity contribution in [1.82, 2.24) is 5.32 Å². The van der Waals surface area contributed by atoms with Gasteiger partial charge in [0.2, 0.25) is 0 Å². The number of benzene rings is 1. The van der Waals surface area contributed by atoms with E-state index in [2.05, 4.69) is 24.4 Å². The molecule has 0 amide bonds. The number of hydrogen-bond donors (Lipinski definition) is 1. The van der Waals surface area contributed by atoms with Crippen LogP contribution in [0, 0.1) is 0 Å². The molecule has 2 nitrogen and oxygen atoms in total. The van der Waals surface area contributed by atoms with E-state index < -0.39 is 0 Å². The Hall–Kier alpha value is -1.28. The Balaban J connectivity index is 2.31. The molecule has 0 unspecified atom stereocenters. The smallest absolute Gasteiger partial charge is 0.126 e. The third kappa shape index (κ3) is 5.55. The van der Waals surface area contributed by atoms with Crippen LogP contribution in [-0.4, -0.2) is 19.7 Å². The molecule has 0 bridgehead atoms. The molecule has 0 saturated heterocycles. The highest BCUT2D eigenvalue weighted by atomic mass is 16.5. The molecule has 1 aromatic carbocycles. The van der Waals surface area contributed by atoms with Crippen LogP contribution >= 0.6 is 0 Å². The topological polar surface area (TPSA) is 21.3 Å². The predicted octanol–water partition coefficient (Wildman–Crippen LogP) is 3.49. The van der Waals surface area contributed by atoms with Gasteiger partial charge >= 0.3 is 0 Å². The van der Waals surface area contributed by atoms with Gasteiger partial charge < -0.3 is 10.1 Å². The van der Waals surface area contributed by atoms with Gasteiger partial charge in [-0.15, -0.1) is 0 Å². The van der Waals surface area contributed by atoms with Crippen molar-refractivity contribution in [2.24, 2.45) is 0 Å². The lowest BCUT2D eigenvalue weighted by Gasteiger charge is -2.09. The first kappa shape index (κ1) is 13.8. The number of unbranched alkanes of at least 4 members (excludes halogenated alkanes) is 1. The van der Waals surface area contributed by atoms with Crippen LogP contribution in [0.5, 0.6) is 5.75 Å². The SMILES string of the molecule is C/C=C/c1ccccc1OCCCCNCC. The molecule has 17 heavy (non-hydrogen) atoms. The van der Waals surface area contributed by atoms with Crippen LogP contribution in [0.1, 0.15) is 32.3 Å². The first-order valence-electron chi connectivity index (χ1n) is 6.43. The maximum atomic E-state index is 5.79. The summed E-state index contributed by atoms with van der Waals surface area (Å²) in [5, 5.41) is 3.31. The van der Waals surface area contributed by atoms with Crippen molar-refractivity contribution in [2.75, 3.05) is 19.7 Å². The molecule has 0 aliphatic carbocycles. The van der Waals surface area contributed by atoms with Crippen molar-refractivity contribution in [1.29, 1.82) is 0 Å². The number of rotatable bonds is 8. The van der Waals surface area contributed by atoms with Gasteiger partial charge in [-0.25, -0.2) is 0 Å². The Morgan fingerprint density at radius 2 is 2.06 bits per heavy atom. The summed E-state index contributed by atoms with van der Waals surface area (Å²) in [7, 11) is 0. The van der Waals surface area contributed by atoms with Gasteiger partial charge in [-0.2, -0.15) is 0 Å². The standard InChI is InChI=1S/C15H23NO/c1-3-9-14-10-5-6-11-15(14)17-13-8-7-12-16-4-2/h3,5-6,9-11,16H,4,7-8,12-13H2,1-2H3/b9-3+. The highest BCUT2D eigenvalue weighted by Gasteiger charge is 1.98. The predicted molar refractivity (Wildman–Crippen MR) is 74.4 cm³/mol. The molecule has 94 valence electrons. The molecule has 0 spiro atoms. The monoisotopic (exact) mass is 233 g/mol. The normalized spacial score (nSPS) is 10.9. The van der Waals surface area contributed by atoms with Crippen LogP contribution in [0.15, 0.2) is 30.3 Å². The van der Waals surface area contributed by atoms with E-state index in [0.717, 1.165) is 37.4 Å². The van der Waals surface area contributed by atoms with Crippen LogP contribution in [0.4, 0.5) is 0 Å². The molecule has 1 N–H and O–H groups in total. The fraction of sp³-hybridized carbons (Fsp3) is 0.467. The van der Waals surface area contributed by atoms with Crippen LogP contribution in [0.25, 0.3) is 6.08 Å². The number of nitrogens with one attached hydrogen (secondary N) is 1. The van der Waals surface area contributed by atoms with Crippen molar-refractivity contribution in [3.05, 3.63) is 35.9 Å². The number of ether oxygens (including phenoxy) is 1. The first-order chi connectivity index (χ1) is 8.38. The lowest BCUT2D eigenvalue weighted by molar-refractivity contribution is 0.305. The van der Waals surface area contributed by atoms with Gasteiger partial charge in [0.25, 0.3) is 0 Å². The molecule has 0 aromatic heterocycles. The quantitative estimate of drug-likeness (QED) is 0.694. The van der Waals surface area contributed by atoms with Gasteiger partial charge in [-0.1, -0.05) is 37.3 Å². The Bertz CT molecular complexity index is 333. The number of hydrogen-bond acceptors (Lipinski definition) is 2. The Morgan fingerprint density at radius 1 is 1.24 bits per heavy atom. The fourth-order valence-electron chi connectivity index (χ4n) is 1.64. The summed E-state index contributed by atoms with van der Waals surface area (Å²) in [6.07, 6.45) is 6.37. The number of allylic oxidation sites excluding steroid dienone is 1. The van der Waals surface area contributed by atoms with Crippen LogP contribution < -0.4 is 10.1 Å². The zero-order chi connectivity index (χ0) is 12.3. The minimum absolute atomic E-state index is 0.792. The molecular formula is C15H23NO. The van der Waals surface area contributed by atoms with E-state index in [-0.39, 0.29) is 0 Å². The van der Waals surface area contributed by atoms with E-state index in [1.54, 1.807) is 0 Å². The molecule has 2 heteroatoms. The zero-order valence-electron chi connectivity index (χ0n) is 10.9. The van der Waals surface area contributed by atoms with E-state index in [0.29, 0.717) is 0 Å². The van der Waals surface area contributed by atoms with Gasteiger partial charge in [-0.05, 0) is 38.9 Å². The average Bonchev–Trinajstić information content (AvgIpc) is 2.36.